The Hall–Kier alpha value is -0.570. The zero-order valence-corrected chi connectivity index (χ0v) is 9.28. The first-order chi connectivity index (χ1) is 7.25. The summed E-state index contributed by atoms with van der Waals surface area (Å²) in [7, 11) is 0. The molecular weight excluding hydrogens is 212 g/mol. The molecular formula is C12H15ClO2. The van der Waals surface area contributed by atoms with Gasteiger partial charge in [-0.15, -0.1) is 0 Å². The number of aliphatic hydroxyl groups is 1. The molecule has 0 spiro atoms. The first kappa shape index (κ1) is 10.9. The number of benzene rings is 1. The van der Waals surface area contributed by atoms with Crippen molar-refractivity contribution in [3.05, 3.63) is 34.9 Å². The van der Waals surface area contributed by atoms with Crippen molar-refractivity contribution in [1.29, 1.82) is 0 Å². The predicted molar refractivity (Wildman–Crippen MR) is 60.1 cm³/mol. The smallest absolute Gasteiger partial charge is 0.0842 e. The van der Waals surface area contributed by atoms with Gasteiger partial charge in [0.05, 0.1) is 12.2 Å². The second-order valence-electron chi connectivity index (χ2n) is 3.95. The number of ether oxygens (including phenoxy) is 1. The van der Waals surface area contributed by atoms with E-state index < -0.39 is 6.10 Å². The largest absolute Gasteiger partial charge is 0.390 e. The van der Waals surface area contributed by atoms with Crippen LogP contribution in [0, 0.1) is 0 Å². The standard InChI is InChI=1S/C12H15ClO2/c13-10-4-1-3-9(7-10)8-11(14)12-5-2-6-15-12/h1,3-4,7,11-12,14H,2,5-6,8H2. The molecule has 1 N–H and O–H groups in total. The molecule has 0 bridgehead atoms. The van der Waals surface area contributed by atoms with Crippen LogP contribution in [0.3, 0.4) is 0 Å². The lowest BCUT2D eigenvalue weighted by Gasteiger charge is -2.17. The van der Waals surface area contributed by atoms with Gasteiger partial charge < -0.3 is 9.84 Å². The third-order valence-corrected chi connectivity index (χ3v) is 2.96. The second kappa shape index (κ2) is 4.97. The number of rotatable bonds is 3. The molecule has 1 aromatic rings. The number of halogens is 1. The van der Waals surface area contributed by atoms with E-state index in [1.54, 1.807) is 0 Å². The Balaban J connectivity index is 1.95. The van der Waals surface area contributed by atoms with Crippen molar-refractivity contribution in [1.82, 2.24) is 0 Å². The van der Waals surface area contributed by atoms with E-state index in [9.17, 15) is 5.11 Å². The third kappa shape index (κ3) is 2.94. The minimum Gasteiger partial charge on any atom is -0.390 e. The maximum absolute atomic E-state index is 9.93. The summed E-state index contributed by atoms with van der Waals surface area (Å²) in [6.45, 7) is 0.775. The monoisotopic (exact) mass is 226 g/mol. The van der Waals surface area contributed by atoms with Gasteiger partial charge in [0.1, 0.15) is 0 Å². The van der Waals surface area contributed by atoms with E-state index in [1.165, 1.54) is 0 Å². The van der Waals surface area contributed by atoms with Crippen LogP contribution < -0.4 is 0 Å². The van der Waals surface area contributed by atoms with Gasteiger partial charge in [-0.3, -0.25) is 0 Å². The molecule has 1 aromatic carbocycles. The Labute approximate surface area is 94.8 Å². The van der Waals surface area contributed by atoms with Crippen molar-refractivity contribution in [3.63, 3.8) is 0 Å². The lowest BCUT2D eigenvalue weighted by molar-refractivity contribution is -0.000770. The molecule has 0 radical (unpaired) electrons. The van der Waals surface area contributed by atoms with Gasteiger partial charge in [0.25, 0.3) is 0 Å². The molecule has 3 heteroatoms. The van der Waals surface area contributed by atoms with Gasteiger partial charge in [-0.25, -0.2) is 0 Å². The van der Waals surface area contributed by atoms with Gasteiger partial charge in [0, 0.05) is 18.1 Å². The van der Waals surface area contributed by atoms with Gasteiger partial charge in [0.15, 0.2) is 0 Å². The molecule has 0 aromatic heterocycles. The molecule has 2 atom stereocenters. The molecule has 1 heterocycles. The Bertz CT molecular complexity index is 321. The molecule has 0 saturated carbocycles. The van der Waals surface area contributed by atoms with Gasteiger partial charge >= 0.3 is 0 Å². The van der Waals surface area contributed by atoms with E-state index in [2.05, 4.69) is 0 Å². The van der Waals surface area contributed by atoms with E-state index >= 15 is 0 Å². The molecule has 0 amide bonds. The first-order valence-corrected chi connectivity index (χ1v) is 5.67. The Morgan fingerprint density at radius 2 is 2.40 bits per heavy atom. The highest BCUT2D eigenvalue weighted by molar-refractivity contribution is 6.30. The molecule has 2 nitrogen and oxygen atoms in total. The third-order valence-electron chi connectivity index (χ3n) is 2.73. The zero-order valence-electron chi connectivity index (χ0n) is 8.53. The van der Waals surface area contributed by atoms with E-state index in [1.807, 2.05) is 24.3 Å². The quantitative estimate of drug-likeness (QED) is 0.858. The van der Waals surface area contributed by atoms with Crippen LogP contribution in [0.25, 0.3) is 0 Å². The minimum atomic E-state index is -0.411. The van der Waals surface area contributed by atoms with Crippen LogP contribution in [0.15, 0.2) is 24.3 Å². The molecule has 15 heavy (non-hydrogen) atoms. The second-order valence-corrected chi connectivity index (χ2v) is 4.39. The van der Waals surface area contributed by atoms with Crippen LogP contribution in [0.1, 0.15) is 18.4 Å². The number of aliphatic hydroxyl groups excluding tert-OH is 1. The molecule has 1 fully saturated rings. The summed E-state index contributed by atoms with van der Waals surface area (Å²) in [5.74, 6) is 0. The maximum atomic E-state index is 9.93. The van der Waals surface area contributed by atoms with Crippen molar-refractivity contribution in [2.24, 2.45) is 0 Å². The Morgan fingerprint density at radius 3 is 3.07 bits per heavy atom. The fraction of sp³-hybridized carbons (Fsp3) is 0.500. The maximum Gasteiger partial charge on any atom is 0.0842 e. The van der Waals surface area contributed by atoms with Gasteiger partial charge in [-0.1, -0.05) is 23.7 Å². The summed E-state index contributed by atoms with van der Waals surface area (Å²) < 4.78 is 5.43. The SMILES string of the molecule is OC(Cc1cccc(Cl)c1)C1CCCO1. The lowest BCUT2D eigenvalue weighted by atomic mass is 10.0. The van der Waals surface area contributed by atoms with Crippen LogP contribution >= 0.6 is 11.6 Å². The summed E-state index contributed by atoms with van der Waals surface area (Å²) in [5.41, 5.74) is 1.06. The van der Waals surface area contributed by atoms with E-state index in [-0.39, 0.29) is 6.10 Å². The summed E-state index contributed by atoms with van der Waals surface area (Å²) in [4.78, 5) is 0. The number of hydrogen-bond donors (Lipinski definition) is 1. The average Bonchev–Trinajstić information content (AvgIpc) is 2.70. The minimum absolute atomic E-state index is 0.00369. The highest BCUT2D eigenvalue weighted by Gasteiger charge is 2.23. The molecule has 82 valence electrons. The lowest BCUT2D eigenvalue weighted by Crippen LogP contribution is -2.27. The van der Waals surface area contributed by atoms with E-state index in [4.69, 9.17) is 16.3 Å². The average molecular weight is 227 g/mol. The van der Waals surface area contributed by atoms with E-state index in [0.29, 0.717) is 11.4 Å². The van der Waals surface area contributed by atoms with Crippen LogP contribution in [0.4, 0.5) is 0 Å². The van der Waals surface area contributed by atoms with Gasteiger partial charge in [-0.05, 0) is 30.5 Å². The van der Waals surface area contributed by atoms with Gasteiger partial charge in [0.2, 0.25) is 0 Å². The van der Waals surface area contributed by atoms with E-state index in [0.717, 1.165) is 25.0 Å². The fourth-order valence-corrected chi connectivity index (χ4v) is 2.16. The molecule has 2 unspecified atom stereocenters. The van der Waals surface area contributed by atoms with Crippen molar-refractivity contribution < 1.29 is 9.84 Å². The fourth-order valence-electron chi connectivity index (χ4n) is 1.94. The van der Waals surface area contributed by atoms with Crippen molar-refractivity contribution in [3.8, 4) is 0 Å². The predicted octanol–water partition coefficient (Wildman–Crippen LogP) is 2.42. The normalized spacial score (nSPS) is 22.9. The van der Waals surface area contributed by atoms with Crippen LogP contribution in [0.5, 0.6) is 0 Å². The topological polar surface area (TPSA) is 29.5 Å². The molecule has 2 rings (SSSR count). The van der Waals surface area contributed by atoms with Crippen molar-refractivity contribution in [2.75, 3.05) is 6.61 Å². The van der Waals surface area contributed by atoms with Crippen molar-refractivity contribution >= 4 is 11.6 Å². The highest BCUT2D eigenvalue weighted by Crippen LogP contribution is 2.19. The first-order valence-electron chi connectivity index (χ1n) is 5.30. The number of hydrogen-bond acceptors (Lipinski definition) is 2. The molecule has 1 aliphatic heterocycles. The highest BCUT2D eigenvalue weighted by atomic mass is 35.5. The summed E-state index contributed by atoms with van der Waals surface area (Å²) in [6.07, 6.45) is 2.22. The molecule has 0 aliphatic carbocycles. The van der Waals surface area contributed by atoms with Gasteiger partial charge in [-0.2, -0.15) is 0 Å². The van der Waals surface area contributed by atoms with Crippen LogP contribution in [-0.4, -0.2) is 23.9 Å². The Kier molecular flexibility index (Phi) is 3.62. The van der Waals surface area contributed by atoms with Crippen LogP contribution in [0.2, 0.25) is 5.02 Å². The summed E-state index contributed by atoms with van der Waals surface area (Å²) in [5, 5.41) is 10.6. The molecule has 1 aliphatic rings. The summed E-state index contributed by atoms with van der Waals surface area (Å²) in [6, 6.07) is 7.60. The zero-order chi connectivity index (χ0) is 10.7. The summed E-state index contributed by atoms with van der Waals surface area (Å²) >= 11 is 5.88. The van der Waals surface area contributed by atoms with Crippen LogP contribution in [-0.2, 0) is 11.2 Å². The molecule has 1 saturated heterocycles. The Morgan fingerprint density at radius 1 is 1.53 bits per heavy atom. The van der Waals surface area contributed by atoms with Crippen molar-refractivity contribution in [2.45, 2.75) is 31.5 Å².